The Balaban J connectivity index is 7.67. The minimum atomic E-state index is -2.19. The number of nitrogens with one attached hydrogen (secondary N) is 23. The summed E-state index contributed by atoms with van der Waals surface area (Å²) in [5, 5.41) is 56.5. The molecule has 0 aromatic carbocycles. The number of aldehydes is 8. The lowest BCUT2D eigenvalue weighted by Gasteiger charge is -2.35. The normalized spacial score (nSPS) is 16.7. The standard InChI is InChI=1S/C82H138N24O24/c1-22-27-28-59(115)87-48(15)72(120)105-66(95-55(37-111)42(8)9)82(130)106(31-23-2)67(85-30-33-108)81(129)93-51(18)71(119)90-52(19)73(121)100-62(94-54(36-110)34-41(6)7)78(126)102-61(86-46(13)35-109)77(125)103-65(98-58(40-114)45(12)26-5)80(128)104-64(97-57(39-113)44(11)25-4)79(127)99-60(84-29-32-107)75(123)91-49(16)70(118)89-53(20)74(122)101-63(96-56(38-112)43(10)24-3)76(124)92-50(17)69(117)88-47(14)68(116)83-21/h22-23,32-33,35-58,60-67,84-86,94-98H,1-2,24-31,34H2,3-21H3,(H,83,116)(H,87,115)(H,88,117)(H,89,118)(H,90,119)(H,91,123)(H,92,124)(H,93,129)(H,99,127)(H,100,121)(H,101,122)(H,102,126)(H,103,125)(H,104,128)(H,105,120)/t43-,44-,45-,46+,47+,48+,49+,50+,51+,52+,53+,54-,55+,56+,57+,58+,60-,61-,62-,63-,64-,65-,66-,67-/m1/s1. The molecular weight excluding hydrogens is 1710 g/mol. The Morgan fingerprint density at radius 2 is 0.623 bits per heavy atom. The minimum Gasteiger partial charge on any atom is -0.357 e. The Bertz CT molecular complexity index is 3860. The second-order valence-corrected chi connectivity index (χ2v) is 31.9. The molecule has 0 aliphatic carbocycles. The van der Waals surface area contributed by atoms with Crippen LogP contribution in [0, 0.1) is 29.6 Å². The number of rotatable bonds is 68. The maximum Gasteiger partial charge on any atom is 0.262 e. The van der Waals surface area contributed by atoms with Gasteiger partial charge in [-0.05, 0) is 97.8 Å². The van der Waals surface area contributed by atoms with Crippen molar-refractivity contribution in [3.05, 3.63) is 25.3 Å². The molecule has 0 aliphatic rings. The van der Waals surface area contributed by atoms with E-state index in [-0.39, 0.29) is 50.6 Å². The van der Waals surface area contributed by atoms with Crippen LogP contribution in [-0.2, 0) is 115 Å². The van der Waals surface area contributed by atoms with Crippen LogP contribution < -0.4 is 122 Å². The second kappa shape index (κ2) is 62.3. The monoisotopic (exact) mass is 1840 g/mol. The molecule has 23 N–H and O–H groups in total. The van der Waals surface area contributed by atoms with Gasteiger partial charge in [0.2, 0.25) is 47.3 Å². The molecule has 0 saturated carbocycles. The van der Waals surface area contributed by atoms with Crippen LogP contribution in [0.4, 0.5) is 0 Å². The van der Waals surface area contributed by atoms with E-state index in [4.69, 9.17) is 0 Å². The molecule has 0 fully saturated rings. The second-order valence-electron chi connectivity index (χ2n) is 31.9. The van der Waals surface area contributed by atoms with Gasteiger partial charge in [-0.15, -0.1) is 13.2 Å². The van der Waals surface area contributed by atoms with Crippen LogP contribution in [0.3, 0.4) is 0 Å². The summed E-state index contributed by atoms with van der Waals surface area (Å²) in [7, 11) is 1.34. The van der Waals surface area contributed by atoms with Crippen molar-refractivity contribution in [1.82, 2.24) is 127 Å². The largest absolute Gasteiger partial charge is 0.357 e. The lowest BCUT2D eigenvalue weighted by Crippen LogP contribution is -2.70. The van der Waals surface area contributed by atoms with Crippen molar-refractivity contribution in [1.29, 1.82) is 0 Å². The summed E-state index contributed by atoms with van der Waals surface area (Å²) in [6.45, 7) is 31.8. The molecule has 24 atom stereocenters. The molecule has 16 amide bonds. The van der Waals surface area contributed by atoms with Gasteiger partial charge in [-0.1, -0.05) is 101 Å². The van der Waals surface area contributed by atoms with E-state index < -0.39 is 266 Å². The maximum absolute atomic E-state index is 15.0. The summed E-state index contributed by atoms with van der Waals surface area (Å²) in [5.74, 6) is -19.7. The molecule has 48 heteroatoms. The summed E-state index contributed by atoms with van der Waals surface area (Å²) in [6, 6.07) is -17.5. The molecule has 0 radical (unpaired) electrons. The van der Waals surface area contributed by atoms with E-state index >= 15 is 4.79 Å². The van der Waals surface area contributed by atoms with Gasteiger partial charge in [-0.25, -0.2) is 0 Å². The van der Waals surface area contributed by atoms with Gasteiger partial charge in [0, 0.05) is 20.0 Å². The summed E-state index contributed by atoms with van der Waals surface area (Å²) in [4.78, 5) is 323. The van der Waals surface area contributed by atoms with Gasteiger partial charge in [-0.3, -0.25) is 119 Å². The van der Waals surface area contributed by atoms with E-state index in [0.717, 1.165) is 25.7 Å². The summed E-state index contributed by atoms with van der Waals surface area (Å²) in [5.41, 5.74) is 0. The van der Waals surface area contributed by atoms with Crippen molar-refractivity contribution < 1.29 is 115 Å². The van der Waals surface area contributed by atoms with Crippen LogP contribution >= 0.6 is 0 Å². The lowest BCUT2D eigenvalue weighted by molar-refractivity contribution is -0.146. The number of likely N-dealkylation sites (N-methyl/N-ethyl adjacent to an activating group) is 1. The Morgan fingerprint density at radius 1 is 0.315 bits per heavy atom. The topological polar surface area (TPSA) is 690 Å². The highest BCUT2D eigenvalue weighted by atomic mass is 16.2. The van der Waals surface area contributed by atoms with Gasteiger partial charge in [0.15, 0.2) is 49.3 Å². The molecule has 0 aliphatic heterocycles. The highest BCUT2D eigenvalue weighted by Gasteiger charge is 2.41. The molecule has 730 valence electrons. The Kier molecular flexibility index (Phi) is 56.6. The number of hydrogen-bond acceptors (Lipinski definition) is 32. The zero-order valence-corrected chi connectivity index (χ0v) is 77.3. The fraction of sp³-hybridized carbons (Fsp3) is 0.659. The van der Waals surface area contributed by atoms with Crippen molar-refractivity contribution in [2.45, 2.75) is 291 Å². The Hall–Kier alpha value is -12.0. The molecule has 0 rings (SSSR count). The number of hydrogen-bond donors (Lipinski definition) is 23. The number of nitrogens with zero attached hydrogens (tertiary/aromatic N) is 1. The van der Waals surface area contributed by atoms with Crippen LogP contribution in [-0.4, -0.2) is 304 Å². The van der Waals surface area contributed by atoms with Crippen LogP contribution in [0.1, 0.15) is 163 Å². The van der Waals surface area contributed by atoms with Crippen LogP contribution in [0.15, 0.2) is 25.3 Å². The molecular formula is C82H138N24O24. The molecule has 0 aromatic rings. The van der Waals surface area contributed by atoms with E-state index in [1.54, 1.807) is 69.2 Å². The van der Waals surface area contributed by atoms with E-state index in [9.17, 15) is 110 Å². The van der Waals surface area contributed by atoms with Gasteiger partial charge < -0.3 is 123 Å². The molecule has 0 saturated heterocycles. The lowest BCUT2D eigenvalue weighted by atomic mass is 10.00. The van der Waals surface area contributed by atoms with Crippen molar-refractivity contribution in [2.24, 2.45) is 29.6 Å². The van der Waals surface area contributed by atoms with Crippen molar-refractivity contribution in [3.8, 4) is 0 Å². The first-order valence-corrected chi connectivity index (χ1v) is 42.8. The van der Waals surface area contributed by atoms with Crippen molar-refractivity contribution >= 4 is 145 Å². The van der Waals surface area contributed by atoms with Crippen molar-refractivity contribution in [2.75, 3.05) is 26.7 Å². The molecule has 130 heavy (non-hydrogen) atoms. The van der Waals surface area contributed by atoms with Crippen molar-refractivity contribution in [3.63, 3.8) is 0 Å². The molecule has 0 spiro atoms. The van der Waals surface area contributed by atoms with E-state index in [0.29, 0.717) is 44.1 Å². The first-order valence-electron chi connectivity index (χ1n) is 42.8. The van der Waals surface area contributed by atoms with E-state index in [2.05, 4.69) is 135 Å². The van der Waals surface area contributed by atoms with Gasteiger partial charge in [0.25, 0.3) is 47.3 Å². The number of carbonyl (C=O) groups is 24. The zero-order chi connectivity index (χ0) is 99.5. The van der Waals surface area contributed by atoms with Crippen LogP contribution in [0.2, 0.25) is 0 Å². The highest BCUT2D eigenvalue weighted by Crippen LogP contribution is 2.13. The number of carbonyl (C=O) groups excluding carboxylic acids is 24. The summed E-state index contributed by atoms with van der Waals surface area (Å²) < 4.78 is 0. The van der Waals surface area contributed by atoms with E-state index in [1.165, 1.54) is 53.8 Å². The summed E-state index contributed by atoms with van der Waals surface area (Å²) >= 11 is 0. The molecule has 0 unspecified atom stereocenters. The zero-order valence-electron chi connectivity index (χ0n) is 77.3. The fourth-order valence-corrected chi connectivity index (χ4v) is 11.5. The third-order valence-electron chi connectivity index (χ3n) is 20.3. The average Bonchev–Trinajstić information content (AvgIpc) is 0.830. The van der Waals surface area contributed by atoms with Gasteiger partial charge in [0.05, 0.1) is 49.3 Å². The SMILES string of the molecule is C=CCCC(=O)N[C@@H](C)C(=O)N[C@@H](N[C@@H](C=O)C(C)C)C(=O)N(CC=C)[C@@H](NCC=O)C(=O)N[C@@H](C)C(=O)N[C@@H](C)C(=O)N[C@@H](N[C@@H](C=O)CC(C)C)C(=O)N[C@@H](N[C@@H](C)C=O)C(=O)N[C@@H](N[C@@H](C=O)[C@H](C)CC)C(=O)N[C@@H](N[C@@H](C=O)[C@H](C)CC)C(=O)N[C@@H](NCC=O)C(=O)N[C@@H](C)C(=O)N[C@@H](C)C(=O)N[C@@H](N[C@@H](C=O)[C@H](C)CC)C(=O)N[C@@H](C)C(=O)N[C@@H](C)C(=O)NC. The molecule has 0 aromatic heterocycles. The predicted octanol–water partition coefficient (Wildman–Crippen LogP) is -8.95. The molecule has 0 bridgehead atoms. The smallest absolute Gasteiger partial charge is 0.262 e. The van der Waals surface area contributed by atoms with Crippen LogP contribution in [0.5, 0.6) is 0 Å². The third-order valence-corrected chi connectivity index (χ3v) is 20.3. The van der Waals surface area contributed by atoms with E-state index in [1.807, 2.05) is 0 Å². The van der Waals surface area contributed by atoms with Gasteiger partial charge in [-0.2, -0.15) is 0 Å². The highest BCUT2D eigenvalue weighted by molar-refractivity contribution is 6.01. The molecule has 48 nitrogen and oxygen atoms in total. The number of amides is 16. The fourth-order valence-electron chi connectivity index (χ4n) is 11.5. The molecule has 0 heterocycles. The Morgan fingerprint density at radius 3 is 0.962 bits per heavy atom. The first kappa shape index (κ1) is 118. The van der Waals surface area contributed by atoms with Gasteiger partial charge in [0.1, 0.15) is 92.6 Å². The average molecular weight is 1840 g/mol. The van der Waals surface area contributed by atoms with Crippen LogP contribution in [0.25, 0.3) is 0 Å². The number of allylic oxidation sites excluding steroid dienone is 1. The van der Waals surface area contributed by atoms with Gasteiger partial charge >= 0.3 is 0 Å². The first-order chi connectivity index (χ1) is 61.2. The third kappa shape index (κ3) is 42.1. The summed E-state index contributed by atoms with van der Waals surface area (Å²) in [6.07, 6.45) is -9.17. The Labute approximate surface area is 756 Å². The minimum absolute atomic E-state index is 0.000977. The maximum atomic E-state index is 15.0. The quantitative estimate of drug-likeness (QED) is 0.0153. The predicted molar refractivity (Wildman–Crippen MR) is 470 cm³/mol.